The second kappa shape index (κ2) is 3.78. The van der Waals surface area contributed by atoms with E-state index in [9.17, 15) is 9.59 Å². The van der Waals surface area contributed by atoms with E-state index in [-0.39, 0.29) is 11.6 Å². The highest BCUT2D eigenvalue weighted by atomic mass is 79.9. The minimum atomic E-state index is -0.190. The summed E-state index contributed by atoms with van der Waals surface area (Å²) >= 11 is 3.30. The van der Waals surface area contributed by atoms with Gasteiger partial charge in [0, 0.05) is 26.9 Å². The average Bonchev–Trinajstić information content (AvgIpc) is 2.35. The predicted octanol–water partition coefficient (Wildman–Crippen LogP) is 2.81. The van der Waals surface area contributed by atoms with E-state index in [1.807, 2.05) is 0 Å². The van der Waals surface area contributed by atoms with Crippen molar-refractivity contribution in [2.75, 3.05) is 5.73 Å². The van der Waals surface area contributed by atoms with E-state index in [2.05, 4.69) is 15.9 Å². The van der Waals surface area contributed by atoms with Crippen molar-refractivity contribution < 1.29 is 9.59 Å². The number of halogens is 1. The van der Waals surface area contributed by atoms with Gasteiger partial charge in [-0.25, -0.2) is 0 Å². The Hall–Kier alpha value is -1.94. The van der Waals surface area contributed by atoms with E-state index in [4.69, 9.17) is 5.73 Å². The van der Waals surface area contributed by atoms with E-state index >= 15 is 0 Å². The topological polar surface area (TPSA) is 60.2 Å². The Morgan fingerprint density at radius 2 is 1.67 bits per heavy atom. The van der Waals surface area contributed by atoms with Crippen LogP contribution in [0.1, 0.15) is 31.8 Å². The number of ketones is 2. The first kappa shape index (κ1) is 11.2. The summed E-state index contributed by atoms with van der Waals surface area (Å²) in [7, 11) is 0. The zero-order valence-electron chi connectivity index (χ0n) is 9.24. The zero-order valence-corrected chi connectivity index (χ0v) is 10.8. The highest BCUT2D eigenvalue weighted by molar-refractivity contribution is 9.10. The van der Waals surface area contributed by atoms with Crippen molar-refractivity contribution in [1.29, 1.82) is 0 Å². The molecule has 2 N–H and O–H groups in total. The van der Waals surface area contributed by atoms with Gasteiger partial charge in [-0.05, 0) is 24.3 Å². The van der Waals surface area contributed by atoms with Crippen LogP contribution in [0, 0.1) is 0 Å². The fourth-order valence-corrected chi connectivity index (χ4v) is 2.56. The second-order valence-corrected chi connectivity index (χ2v) is 5.03. The molecule has 0 amide bonds. The van der Waals surface area contributed by atoms with Crippen molar-refractivity contribution in [3.8, 4) is 0 Å². The normalized spacial score (nSPS) is 13.2. The Bertz CT molecular complexity index is 703. The van der Waals surface area contributed by atoms with Crippen LogP contribution in [0.5, 0.6) is 0 Å². The maximum Gasteiger partial charge on any atom is 0.196 e. The van der Waals surface area contributed by atoms with E-state index in [1.165, 1.54) is 0 Å². The number of hydrogen-bond donors (Lipinski definition) is 1. The SMILES string of the molecule is Nc1cccc2c1C(=O)c1ccc(Br)cc1C2=O. The first-order chi connectivity index (χ1) is 8.59. The minimum Gasteiger partial charge on any atom is -0.398 e. The van der Waals surface area contributed by atoms with Gasteiger partial charge in [0.25, 0.3) is 0 Å². The Morgan fingerprint density at radius 1 is 0.889 bits per heavy atom. The van der Waals surface area contributed by atoms with Crippen molar-refractivity contribution >= 4 is 33.2 Å². The molecular weight excluding hydrogens is 294 g/mol. The zero-order chi connectivity index (χ0) is 12.9. The number of fused-ring (bicyclic) bond motifs is 2. The van der Waals surface area contributed by atoms with E-state index in [0.29, 0.717) is 27.9 Å². The van der Waals surface area contributed by atoms with Gasteiger partial charge in [-0.2, -0.15) is 0 Å². The van der Waals surface area contributed by atoms with Crippen LogP contribution in [0.25, 0.3) is 0 Å². The van der Waals surface area contributed by atoms with Gasteiger partial charge < -0.3 is 5.73 Å². The van der Waals surface area contributed by atoms with Crippen molar-refractivity contribution in [2.45, 2.75) is 0 Å². The van der Waals surface area contributed by atoms with Gasteiger partial charge in [-0.3, -0.25) is 9.59 Å². The monoisotopic (exact) mass is 301 g/mol. The Labute approximate surface area is 112 Å². The summed E-state index contributed by atoms with van der Waals surface area (Å²) in [5.41, 5.74) is 7.68. The number of benzene rings is 2. The van der Waals surface area contributed by atoms with Gasteiger partial charge in [0.1, 0.15) is 0 Å². The van der Waals surface area contributed by atoms with Crippen molar-refractivity contribution in [2.24, 2.45) is 0 Å². The molecule has 0 radical (unpaired) electrons. The predicted molar refractivity (Wildman–Crippen MR) is 71.9 cm³/mol. The first-order valence-electron chi connectivity index (χ1n) is 5.37. The van der Waals surface area contributed by atoms with E-state index in [1.54, 1.807) is 36.4 Å². The lowest BCUT2D eigenvalue weighted by Gasteiger charge is -2.18. The van der Waals surface area contributed by atoms with Gasteiger partial charge in [-0.15, -0.1) is 0 Å². The summed E-state index contributed by atoms with van der Waals surface area (Å²) in [5.74, 6) is -0.349. The summed E-state index contributed by atoms with van der Waals surface area (Å²) in [4.78, 5) is 24.7. The molecule has 0 aromatic heterocycles. The molecule has 18 heavy (non-hydrogen) atoms. The molecule has 4 heteroatoms. The molecule has 0 spiro atoms. The maximum atomic E-state index is 12.3. The molecule has 0 atom stereocenters. The molecule has 2 aromatic rings. The third kappa shape index (κ3) is 1.42. The summed E-state index contributed by atoms with van der Waals surface area (Å²) in [5, 5.41) is 0. The van der Waals surface area contributed by atoms with Gasteiger partial charge in [0.15, 0.2) is 11.6 Å². The molecule has 3 rings (SSSR count). The maximum absolute atomic E-state index is 12.3. The van der Waals surface area contributed by atoms with Gasteiger partial charge in [-0.1, -0.05) is 28.1 Å². The van der Waals surface area contributed by atoms with Crippen molar-refractivity contribution in [3.63, 3.8) is 0 Å². The summed E-state index contributed by atoms with van der Waals surface area (Å²) in [6.07, 6.45) is 0. The summed E-state index contributed by atoms with van der Waals surface area (Å²) in [6, 6.07) is 10.0. The molecule has 1 aliphatic carbocycles. The third-order valence-electron chi connectivity index (χ3n) is 3.04. The minimum absolute atomic E-state index is 0.159. The van der Waals surface area contributed by atoms with Crippen LogP contribution in [0.15, 0.2) is 40.9 Å². The quantitative estimate of drug-likeness (QED) is 0.650. The number of carbonyl (C=O) groups is 2. The third-order valence-corrected chi connectivity index (χ3v) is 3.53. The van der Waals surface area contributed by atoms with Crippen LogP contribution in [0.4, 0.5) is 5.69 Å². The number of nitrogen functional groups attached to an aromatic ring is 1. The largest absolute Gasteiger partial charge is 0.398 e. The molecule has 0 fully saturated rings. The van der Waals surface area contributed by atoms with Crippen LogP contribution in [0.3, 0.4) is 0 Å². The lowest BCUT2D eigenvalue weighted by Crippen LogP contribution is -2.22. The highest BCUT2D eigenvalue weighted by Crippen LogP contribution is 2.31. The molecule has 1 aliphatic rings. The Morgan fingerprint density at radius 3 is 2.44 bits per heavy atom. The molecule has 0 aliphatic heterocycles. The summed E-state index contributed by atoms with van der Waals surface area (Å²) < 4.78 is 0.773. The molecule has 88 valence electrons. The lowest BCUT2D eigenvalue weighted by atomic mass is 9.83. The van der Waals surface area contributed by atoms with E-state index in [0.717, 1.165) is 4.47 Å². The molecule has 0 unspecified atom stereocenters. The smallest absolute Gasteiger partial charge is 0.196 e. The Balaban J connectivity index is 2.35. The Kier molecular flexibility index (Phi) is 2.35. The van der Waals surface area contributed by atoms with Crippen LogP contribution in [0.2, 0.25) is 0 Å². The van der Waals surface area contributed by atoms with Crippen molar-refractivity contribution in [1.82, 2.24) is 0 Å². The van der Waals surface area contributed by atoms with E-state index < -0.39 is 0 Å². The van der Waals surface area contributed by atoms with Crippen LogP contribution in [-0.2, 0) is 0 Å². The number of carbonyl (C=O) groups excluding carboxylic acids is 2. The van der Waals surface area contributed by atoms with Gasteiger partial charge in [0.2, 0.25) is 0 Å². The standard InChI is InChI=1S/C14H8BrNO2/c15-7-4-5-8-10(6-7)13(17)9-2-1-3-11(16)12(9)14(8)18/h1-6H,16H2. The summed E-state index contributed by atoms with van der Waals surface area (Å²) in [6.45, 7) is 0. The molecular formula is C14H8BrNO2. The molecule has 2 aromatic carbocycles. The molecule has 0 bridgehead atoms. The van der Waals surface area contributed by atoms with Gasteiger partial charge in [0.05, 0.1) is 5.56 Å². The molecule has 0 saturated carbocycles. The van der Waals surface area contributed by atoms with Crippen LogP contribution < -0.4 is 5.73 Å². The number of anilines is 1. The van der Waals surface area contributed by atoms with Gasteiger partial charge >= 0.3 is 0 Å². The number of hydrogen-bond acceptors (Lipinski definition) is 3. The number of rotatable bonds is 0. The fourth-order valence-electron chi connectivity index (χ4n) is 2.19. The fraction of sp³-hybridized carbons (Fsp3) is 0. The number of nitrogens with two attached hydrogens (primary N) is 1. The average molecular weight is 302 g/mol. The first-order valence-corrected chi connectivity index (χ1v) is 6.16. The van der Waals surface area contributed by atoms with Crippen LogP contribution in [-0.4, -0.2) is 11.6 Å². The molecule has 3 nitrogen and oxygen atoms in total. The highest BCUT2D eigenvalue weighted by Gasteiger charge is 2.30. The van der Waals surface area contributed by atoms with Crippen molar-refractivity contribution in [3.05, 3.63) is 63.1 Å². The van der Waals surface area contributed by atoms with Crippen LogP contribution >= 0.6 is 15.9 Å². The molecule has 0 heterocycles. The molecule has 0 saturated heterocycles. The lowest BCUT2D eigenvalue weighted by molar-refractivity contribution is 0.0979. The second-order valence-electron chi connectivity index (χ2n) is 4.12.